The molecule has 2 heterocycles. The Morgan fingerprint density at radius 3 is 2.63 bits per heavy atom. The van der Waals surface area contributed by atoms with E-state index in [1.165, 1.54) is 11.1 Å². The van der Waals surface area contributed by atoms with E-state index in [9.17, 15) is 5.26 Å². The molecule has 2 aromatic carbocycles. The lowest BCUT2D eigenvalue weighted by molar-refractivity contribution is 1.04. The molecule has 0 fully saturated rings. The summed E-state index contributed by atoms with van der Waals surface area (Å²) in [6.07, 6.45) is 3.89. The minimum atomic E-state index is 0.508. The monoisotopic (exact) mass is 352 g/mol. The Kier molecular flexibility index (Phi) is 4.13. The molecule has 0 aliphatic rings. The normalized spacial score (nSPS) is 11.7. The Balaban J connectivity index is 1.80. The van der Waals surface area contributed by atoms with Crippen LogP contribution in [0, 0.1) is 32.1 Å². The van der Waals surface area contributed by atoms with Gasteiger partial charge >= 0.3 is 0 Å². The quantitative estimate of drug-likeness (QED) is 0.506. The van der Waals surface area contributed by atoms with Crippen LogP contribution in [0.4, 0.5) is 0 Å². The van der Waals surface area contributed by atoms with Crippen molar-refractivity contribution in [2.45, 2.75) is 20.8 Å². The maximum atomic E-state index is 9.72. The highest BCUT2D eigenvalue weighted by molar-refractivity contribution is 5.90. The lowest BCUT2D eigenvalue weighted by Crippen LogP contribution is -1.98. The molecule has 27 heavy (non-hydrogen) atoms. The van der Waals surface area contributed by atoms with Crippen molar-refractivity contribution in [1.82, 2.24) is 14.5 Å². The number of hydrogen-bond acceptors (Lipinski definition) is 2. The number of benzene rings is 2. The summed E-state index contributed by atoms with van der Waals surface area (Å²) < 4.78 is 2.10. The molecule has 4 nitrogen and oxygen atoms in total. The van der Waals surface area contributed by atoms with Crippen molar-refractivity contribution in [2.24, 2.45) is 0 Å². The van der Waals surface area contributed by atoms with Crippen molar-refractivity contribution >= 4 is 22.7 Å². The summed E-state index contributed by atoms with van der Waals surface area (Å²) in [5.74, 6) is 0.589. The summed E-state index contributed by atoms with van der Waals surface area (Å²) in [6.45, 7) is 6.23. The van der Waals surface area contributed by atoms with Gasteiger partial charge < -0.3 is 9.55 Å². The van der Waals surface area contributed by atoms with E-state index < -0.39 is 0 Å². The van der Waals surface area contributed by atoms with Gasteiger partial charge in [0, 0.05) is 17.6 Å². The second kappa shape index (κ2) is 6.62. The average Bonchev–Trinajstić information content (AvgIpc) is 3.25. The van der Waals surface area contributed by atoms with Crippen molar-refractivity contribution in [1.29, 1.82) is 5.26 Å². The van der Waals surface area contributed by atoms with Gasteiger partial charge in [0.05, 0.1) is 16.6 Å². The molecule has 4 rings (SSSR count). The molecule has 0 spiro atoms. The van der Waals surface area contributed by atoms with Crippen LogP contribution in [0.25, 0.3) is 28.4 Å². The first-order valence-electron chi connectivity index (χ1n) is 8.88. The van der Waals surface area contributed by atoms with Gasteiger partial charge in [-0.3, -0.25) is 0 Å². The van der Waals surface area contributed by atoms with Crippen molar-refractivity contribution in [3.05, 3.63) is 82.9 Å². The summed E-state index contributed by atoms with van der Waals surface area (Å²) in [7, 11) is 0. The minimum Gasteiger partial charge on any atom is -0.337 e. The van der Waals surface area contributed by atoms with Crippen molar-refractivity contribution in [3.8, 4) is 11.8 Å². The molecule has 4 heteroatoms. The maximum absolute atomic E-state index is 9.72. The number of hydrogen-bond donors (Lipinski definition) is 1. The fourth-order valence-corrected chi connectivity index (χ4v) is 3.36. The van der Waals surface area contributed by atoms with E-state index >= 15 is 0 Å². The van der Waals surface area contributed by atoms with Crippen LogP contribution in [0.5, 0.6) is 0 Å². The van der Waals surface area contributed by atoms with Gasteiger partial charge in [0.15, 0.2) is 0 Å². The Labute approximate surface area is 158 Å². The van der Waals surface area contributed by atoms with E-state index in [4.69, 9.17) is 0 Å². The standard InChI is InChI=1S/C23H20N4/c1-15-7-9-22(17(3)11-15)27-10-4-5-19(27)13-18(14-24)23-25-20-8-6-16(2)12-21(20)26-23/h4-13H,1-3H3,(H,25,26)/b18-13-. The third-order valence-corrected chi connectivity index (χ3v) is 4.70. The van der Waals surface area contributed by atoms with E-state index in [1.54, 1.807) is 0 Å². The number of imidazole rings is 1. The summed E-state index contributed by atoms with van der Waals surface area (Å²) >= 11 is 0. The van der Waals surface area contributed by atoms with Gasteiger partial charge in [0.25, 0.3) is 0 Å². The second-order valence-electron chi connectivity index (χ2n) is 6.87. The lowest BCUT2D eigenvalue weighted by atomic mass is 10.1. The zero-order valence-electron chi connectivity index (χ0n) is 15.6. The van der Waals surface area contributed by atoms with Gasteiger partial charge in [0.1, 0.15) is 11.9 Å². The number of fused-ring (bicyclic) bond motifs is 1. The summed E-state index contributed by atoms with van der Waals surface area (Å²) in [5, 5.41) is 9.72. The second-order valence-corrected chi connectivity index (χ2v) is 6.87. The SMILES string of the molecule is Cc1ccc(-n2cccc2/C=C(/C#N)c2nc3ccc(C)cc3[nH]2)c(C)c1. The molecule has 0 saturated carbocycles. The number of allylic oxidation sites excluding steroid dienone is 1. The molecule has 0 saturated heterocycles. The highest BCUT2D eigenvalue weighted by atomic mass is 15.0. The van der Waals surface area contributed by atoms with E-state index in [0.717, 1.165) is 28.0 Å². The molecule has 4 aromatic rings. The first kappa shape index (κ1) is 16.9. The van der Waals surface area contributed by atoms with Gasteiger partial charge in [-0.25, -0.2) is 4.98 Å². The number of rotatable bonds is 3. The Morgan fingerprint density at radius 2 is 1.85 bits per heavy atom. The highest BCUT2D eigenvalue weighted by Gasteiger charge is 2.11. The molecule has 132 valence electrons. The Bertz CT molecular complexity index is 1210. The fourth-order valence-electron chi connectivity index (χ4n) is 3.36. The third-order valence-electron chi connectivity index (χ3n) is 4.70. The molecular weight excluding hydrogens is 332 g/mol. The molecule has 1 N–H and O–H groups in total. The van der Waals surface area contributed by atoms with Crippen molar-refractivity contribution in [2.75, 3.05) is 0 Å². The van der Waals surface area contributed by atoms with Crippen molar-refractivity contribution in [3.63, 3.8) is 0 Å². The van der Waals surface area contributed by atoms with Gasteiger partial charge in [-0.1, -0.05) is 23.8 Å². The van der Waals surface area contributed by atoms with E-state index in [0.29, 0.717) is 11.4 Å². The predicted molar refractivity (Wildman–Crippen MR) is 110 cm³/mol. The third kappa shape index (κ3) is 3.16. The molecule has 0 amide bonds. The smallest absolute Gasteiger partial charge is 0.149 e. The number of nitrogens with one attached hydrogen (secondary N) is 1. The van der Waals surface area contributed by atoms with Crippen LogP contribution in [-0.4, -0.2) is 14.5 Å². The number of H-pyrrole nitrogens is 1. The average molecular weight is 352 g/mol. The fraction of sp³-hybridized carbons (Fsp3) is 0.130. The van der Waals surface area contributed by atoms with Crippen LogP contribution in [-0.2, 0) is 0 Å². The van der Waals surface area contributed by atoms with Crippen molar-refractivity contribution < 1.29 is 0 Å². The minimum absolute atomic E-state index is 0.508. The Morgan fingerprint density at radius 1 is 1.07 bits per heavy atom. The first-order chi connectivity index (χ1) is 13.0. The first-order valence-corrected chi connectivity index (χ1v) is 8.88. The number of aryl methyl sites for hydroxylation is 3. The zero-order valence-corrected chi connectivity index (χ0v) is 15.6. The number of aromatic amines is 1. The predicted octanol–water partition coefficient (Wildman–Crippen LogP) is 5.34. The largest absolute Gasteiger partial charge is 0.337 e. The number of nitriles is 1. The zero-order chi connectivity index (χ0) is 19.0. The highest BCUT2D eigenvalue weighted by Crippen LogP contribution is 2.23. The van der Waals surface area contributed by atoms with Gasteiger partial charge in [-0.2, -0.15) is 5.26 Å². The van der Waals surface area contributed by atoms with Crippen LogP contribution in [0.15, 0.2) is 54.7 Å². The van der Waals surface area contributed by atoms with Crippen LogP contribution in [0.2, 0.25) is 0 Å². The van der Waals surface area contributed by atoms with Gasteiger partial charge in [0.2, 0.25) is 0 Å². The summed E-state index contributed by atoms with van der Waals surface area (Å²) in [6, 6.07) is 18.7. The summed E-state index contributed by atoms with van der Waals surface area (Å²) in [5.41, 5.74) is 7.94. The van der Waals surface area contributed by atoms with Crippen LogP contribution in [0.3, 0.4) is 0 Å². The molecule has 0 aliphatic carbocycles. The van der Waals surface area contributed by atoms with E-state index in [1.807, 2.05) is 49.5 Å². The molecule has 0 radical (unpaired) electrons. The molecule has 0 aliphatic heterocycles. The van der Waals surface area contributed by atoms with E-state index in [-0.39, 0.29) is 0 Å². The van der Waals surface area contributed by atoms with Gasteiger partial charge in [-0.05, 0) is 68.3 Å². The van der Waals surface area contributed by atoms with E-state index in [2.05, 4.69) is 52.7 Å². The topological polar surface area (TPSA) is 57.4 Å². The molecule has 2 aromatic heterocycles. The molecule has 0 unspecified atom stereocenters. The van der Waals surface area contributed by atoms with Crippen LogP contribution in [0.1, 0.15) is 28.2 Å². The molecule has 0 atom stereocenters. The molecule has 0 bridgehead atoms. The Hall–Kier alpha value is -3.58. The molecular formula is C23H20N4. The number of aromatic nitrogens is 3. The van der Waals surface area contributed by atoms with Gasteiger partial charge in [-0.15, -0.1) is 0 Å². The summed E-state index contributed by atoms with van der Waals surface area (Å²) in [4.78, 5) is 7.85. The lowest BCUT2D eigenvalue weighted by Gasteiger charge is -2.11. The number of nitrogens with zero attached hydrogens (tertiary/aromatic N) is 3. The maximum Gasteiger partial charge on any atom is 0.149 e. The van der Waals surface area contributed by atoms with Crippen LogP contribution >= 0.6 is 0 Å². The van der Waals surface area contributed by atoms with Crippen LogP contribution < -0.4 is 0 Å².